The summed E-state index contributed by atoms with van der Waals surface area (Å²) in [5.74, 6) is 1.25. The van der Waals surface area contributed by atoms with Gasteiger partial charge in [-0.3, -0.25) is 0 Å². The molecular formula is C27H26FN5O4. The summed E-state index contributed by atoms with van der Waals surface area (Å²) in [7, 11) is 0. The highest BCUT2D eigenvalue weighted by Gasteiger charge is 2.32. The van der Waals surface area contributed by atoms with E-state index in [0.717, 1.165) is 23.1 Å². The van der Waals surface area contributed by atoms with Crippen LogP contribution in [0.15, 0.2) is 73.2 Å². The molecule has 1 fully saturated rings. The van der Waals surface area contributed by atoms with Gasteiger partial charge in [-0.05, 0) is 35.4 Å². The van der Waals surface area contributed by atoms with Crippen molar-refractivity contribution in [2.45, 2.75) is 44.2 Å². The Morgan fingerprint density at radius 3 is 2.22 bits per heavy atom. The van der Waals surface area contributed by atoms with Gasteiger partial charge in [-0.2, -0.15) is 10.2 Å². The second kappa shape index (κ2) is 9.88. The Morgan fingerprint density at radius 1 is 1.03 bits per heavy atom. The van der Waals surface area contributed by atoms with Crippen LogP contribution in [0.4, 0.5) is 9.18 Å². The van der Waals surface area contributed by atoms with Gasteiger partial charge in [0, 0.05) is 30.4 Å². The maximum atomic E-state index is 13.9. The highest BCUT2D eigenvalue weighted by atomic mass is 19.1. The van der Waals surface area contributed by atoms with E-state index in [9.17, 15) is 9.18 Å². The standard InChI is InChI=1S/C27H26FN5O4/c1-27(2,17-3-7-21(8-4-17)36-23-14-20(15-23)32-26(34)35)18-5-9-22(10-6-18)37-24-13-19(28)16-29-25(24)33-30-11-12-31-33/h3-13,16,20,23,32H,14-15H2,1-2H3,(H,34,35). The Labute approximate surface area is 212 Å². The normalized spacial score (nSPS) is 17.1. The van der Waals surface area contributed by atoms with Crippen LogP contribution in [0.3, 0.4) is 0 Å². The Bertz CT molecular complexity index is 1370. The van der Waals surface area contributed by atoms with E-state index in [1.54, 1.807) is 0 Å². The molecule has 0 bridgehead atoms. The van der Waals surface area contributed by atoms with Crippen LogP contribution < -0.4 is 14.8 Å². The lowest BCUT2D eigenvalue weighted by Crippen LogP contribution is -2.48. The molecule has 4 aromatic rings. The number of hydrogen-bond acceptors (Lipinski definition) is 6. The quantitative estimate of drug-likeness (QED) is 0.344. The molecule has 0 radical (unpaired) electrons. The highest BCUT2D eigenvalue weighted by molar-refractivity contribution is 5.65. The van der Waals surface area contributed by atoms with Crippen molar-refractivity contribution in [3.8, 4) is 23.1 Å². The van der Waals surface area contributed by atoms with Crippen molar-refractivity contribution in [2.24, 2.45) is 0 Å². The summed E-state index contributed by atoms with van der Waals surface area (Å²) in [6, 6.07) is 16.8. The molecule has 10 heteroatoms. The van der Waals surface area contributed by atoms with Gasteiger partial charge in [0.05, 0.1) is 18.6 Å². The first kappa shape index (κ1) is 24.2. The summed E-state index contributed by atoms with van der Waals surface area (Å²) in [6.45, 7) is 4.26. The number of nitrogens with one attached hydrogen (secondary N) is 1. The van der Waals surface area contributed by atoms with E-state index in [4.69, 9.17) is 14.6 Å². The van der Waals surface area contributed by atoms with Crippen LogP contribution in [0.2, 0.25) is 0 Å². The van der Waals surface area contributed by atoms with Crippen molar-refractivity contribution >= 4 is 6.09 Å². The fraction of sp³-hybridized carbons (Fsp3) is 0.259. The number of rotatable bonds is 8. The minimum atomic E-state index is -1.00. The summed E-state index contributed by atoms with van der Waals surface area (Å²) in [5.41, 5.74) is 1.88. The van der Waals surface area contributed by atoms with E-state index in [2.05, 4.69) is 34.3 Å². The predicted octanol–water partition coefficient (Wildman–Crippen LogP) is 5.10. The second-order valence-corrected chi connectivity index (χ2v) is 9.43. The molecule has 2 aromatic heterocycles. The van der Waals surface area contributed by atoms with Crippen LogP contribution >= 0.6 is 0 Å². The second-order valence-electron chi connectivity index (χ2n) is 9.43. The van der Waals surface area contributed by atoms with Crippen molar-refractivity contribution in [3.63, 3.8) is 0 Å². The van der Waals surface area contributed by atoms with Crippen LogP contribution in [0, 0.1) is 5.82 Å². The van der Waals surface area contributed by atoms with Gasteiger partial charge in [-0.25, -0.2) is 14.2 Å². The molecule has 2 N–H and O–H groups in total. The molecule has 0 atom stereocenters. The monoisotopic (exact) mass is 503 g/mol. The highest BCUT2D eigenvalue weighted by Crippen LogP contribution is 2.35. The van der Waals surface area contributed by atoms with E-state index < -0.39 is 11.9 Å². The first-order valence-corrected chi connectivity index (χ1v) is 11.9. The molecule has 5 rings (SSSR count). The third kappa shape index (κ3) is 5.37. The summed E-state index contributed by atoms with van der Waals surface area (Å²) < 4.78 is 25.7. The molecule has 2 heterocycles. The number of aromatic nitrogens is 4. The third-order valence-corrected chi connectivity index (χ3v) is 6.51. The van der Waals surface area contributed by atoms with E-state index in [1.807, 2.05) is 48.5 Å². The Kier molecular flexibility index (Phi) is 6.47. The fourth-order valence-electron chi connectivity index (χ4n) is 4.29. The molecule has 0 unspecified atom stereocenters. The molecular weight excluding hydrogens is 477 g/mol. The van der Waals surface area contributed by atoms with Crippen molar-refractivity contribution in [3.05, 3.63) is 90.1 Å². The molecule has 1 aliphatic rings. The number of halogens is 1. The molecule has 1 saturated carbocycles. The number of hydrogen-bond donors (Lipinski definition) is 2. The van der Waals surface area contributed by atoms with E-state index in [0.29, 0.717) is 18.6 Å². The van der Waals surface area contributed by atoms with Crippen LogP contribution in [-0.2, 0) is 5.41 Å². The molecule has 1 amide bonds. The number of nitrogens with zero attached hydrogens (tertiary/aromatic N) is 4. The van der Waals surface area contributed by atoms with E-state index >= 15 is 0 Å². The van der Waals surface area contributed by atoms with Gasteiger partial charge in [0.2, 0.25) is 5.82 Å². The van der Waals surface area contributed by atoms with Crippen LogP contribution in [-0.4, -0.2) is 43.3 Å². The van der Waals surface area contributed by atoms with Crippen molar-refractivity contribution < 1.29 is 23.8 Å². The molecule has 37 heavy (non-hydrogen) atoms. The van der Waals surface area contributed by atoms with E-state index in [-0.39, 0.29) is 29.1 Å². The number of benzene rings is 2. The molecule has 1 aliphatic carbocycles. The zero-order chi connectivity index (χ0) is 26.0. The van der Waals surface area contributed by atoms with Crippen molar-refractivity contribution in [2.75, 3.05) is 0 Å². The number of amides is 1. The smallest absolute Gasteiger partial charge is 0.404 e. The lowest BCUT2D eigenvalue weighted by atomic mass is 9.78. The summed E-state index contributed by atoms with van der Waals surface area (Å²) in [4.78, 5) is 16.0. The predicted molar refractivity (Wildman–Crippen MR) is 133 cm³/mol. The average Bonchev–Trinajstić information content (AvgIpc) is 3.38. The topological polar surface area (TPSA) is 111 Å². The summed E-state index contributed by atoms with van der Waals surface area (Å²) in [5, 5.41) is 19.4. The molecule has 190 valence electrons. The number of pyridine rings is 1. The average molecular weight is 504 g/mol. The first-order chi connectivity index (χ1) is 17.8. The summed E-state index contributed by atoms with van der Waals surface area (Å²) >= 11 is 0. The van der Waals surface area contributed by atoms with Crippen LogP contribution in [0.25, 0.3) is 5.82 Å². The van der Waals surface area contributed by atoms with Crippen molar-refractivity contribution in [1.82, 2.24) is 25.3 Å². The Morgan fingerprint density at radius 2 is 1.62 bits per heavy atom. The SMILES string of the molecule is CC(C)(c1ccc(Oc2cc(F)cnc2-n2nccn2)cc1)c1ccc(OC2CC(NC(=O)O)C2)cc1. The lowest BCUT2D eigenvalue weighted by molar-refractivity contribution is 0.0833. The molecule has 0 spiro atoms. The van der Waals surface area contributed by atoms with Crippen molar-refractivity contribution in [1.29, 1.82) is 0 Å². The van der Waals surface area contributed by atoms with Gasteiger partial charge in [0.15, 0.2) is 5.75 Å². The van der Waals surface area contributed by atoms with Gasteiger partial charge in [-0.15, -0.1) is 4.80 Å². The maximum absolute atomic E-state index is 13.9. The minimum absolute atomic E-state index is 0.0149. The molecule has 0 aliphatic heterocycles. The zero-order valence-corrected chi connectivity index (χ0v) is 20.3. The van der Waals surface area contributed by atoms with Gasteiger partial charge >= 0.3 is 6.09 Å². The molecule has 9 nitrogen and oxygen atoms in total. The minimum Gasteiger partial charge on any atom is -0.490 e. The largest absolute Gasteiger partial charge is 0.490 e. The van der Waals surface area contributed by atoms with Gasteiger partial charge < -0.3 is 19.9 Å². The number of carboxylic acid groups (broad SMARTS) is 1. The van der Waals surface area contributed by atoms with E-state index in [1.165, 1.54) is 23.3 Å². The third-order valence-electron chi connectivity index (χ3n) is 6.51. The Hall–Kier alpha value is -4.47. The van der Waals surface area contributed by atoms with Crippen LogP contribution in [0.5, 0.6) is 17.2 Å². The zero-order valence-electron chi connectivity index (χ0n) is 20.3. The molecule has 2 aromatic carbocycles. The van der Waals surface area contributed by atoms with Gasteiger partial charge in [0.25, 0.3) is 0 Å². The van der Waals surface area contributed by atoms with Crippen LogP contribution in [0.1, 0.15) is 37.8 Å². The number of ether oxygens (including phenoxy) is 2. The van der Waals surface area contributed by atoms with Gasteiger partial charge in [-0.1, -0.05) is 38.1 Å². The Balaban J connectivity index is 1.25. The summed E-state index contributed by atoms with van der Waals surface area (Å²) in [6.07, 6.45) is 4.45. The maximum Gasteiger partial charge on any atom is 0.404 e. The molecule has 0 saturated heterocycles. The van der Waals surface area contributed by atoms with Gasteiger partial charge in [0.1, 0.15) is 23.4 Å². The number of carbonyl (C=O) groups is 1. The first-order valence-electron chi connectivity index (χ1n) is 11.9. The fourth-order valence-corrected chi connectivity index (χ4v) is 4.29. The lowest BCUT2D eigenvalue weighted by Gasteiger charge is -2.35.